The minimum absolute atomic E-state index is 0.510. The molecule has 1 aromatic carbocycles. The van der Waals surface area contributed by atoms with Crippen molar-refractivity contribution in [2.75, 3.05) is 0 Å². The van der Waals surface area contributed by atoms with Crippen LogP contribution < -0.4 is 0 Å². The van der Waals surface area contributed by atoms with Gasteiger partial charge in [0.25, 0.3) is 0 Å². The van der Waals surface area contributed by atoms with Gasteiger partial charge in [0, 0.05) is 22.7 Å². The third-order valence-corrected chi connectivity index (χ3v) is 4.03. The molecule has 0 aliphatic carbocycles. The maximum absolute atomic E-state index is 9.85. The van der Waals surface area contributed by atoms with Gasteiger partial charge in [0.1, 0.15) is 0 Å². The summed E-state index contributed by atoms with van der Waals surface area (Å²) < 4.78 is 1.26. The Morgan fingerprint density at radius 3 is 2.89 bits per heavy atom. The molecule has 0 saturated heterocycles. The number of hydrogen-bond acceptors (Lipinski definition) is 3. The van der Waals surface area contributed by atoms with Crippen LogP contribution >= 0.6 is 11.3 Å². The molecule has 1 unspecified atom stereocenters. The summed E-state index contributed by atoms with van der Waals surface area (Å²) in [4.78, 5) is 4.10. The summed E-state index contributed by atoms with van der Waals surface area (Å²) in [5.41, 5.74) is 3.10. The van der Waals surface area contributed by atoms with Gasteiger partial charge >= 0.3 is 0 Å². The Hall–Kier alpha value is -1.71. The SMILES string of the molecule is CC(O)c1cnccc1-c1cccc2ccsc12. The van der Waals surface area contributed by atoms with E-state index in [1.54, 1.807) is 30.7 Å². The summed E-state index contributed by atoms with van der Waals surface area (Å²) in [6.07, 6.45) is 3.00. The summed E-state index contributed by atoms with van der Waals surface area (Å²) in [6, 6.07) is 10.3. The molecule has 18 heavy (non-hydrogen) atoms. The number of aliphatic hydroxyl groups is 1. The highest BCUT2D eigenvalue weighted by Crippen LogP contribution is 2.35. The summed E-state index contributed by atoms with van der Waals surface area (Å²) in [5.74, 6) is 0. The number of aliphatic hydroxyl groups excluding tert-OH is 1. The summed E-state index contributed by atoms with van der Waals surface area (Å²) in [6.45, 7) is 1.77. The van der Waals surface area contributed by atoms with Crippen molar-refractivity contribution in [3.63, 3.8) is 0 Å². The lowest BCUT2D eigenvalue weighted by Crippen LogP contribution is -1.96. The van der Waals surface area contributed by atoms with Crippen molar-refractivity contribution in [1.29, 1.82) is 0 Å². The van der Waals surface area contributed by atoms with Crippen molar-refractivity contribution in [3.05, 3.63) is 53.7 Å². The molecular formula is C15H13NOS. The fraction of sp³-hybridized carbons (Fsp3) is 0.133. The zero-order valence-corrected chi connectivity index (χ0v) is 10.8. The third-order valence-electron chi connectivity index (χ3n) is 3.07. The Balaban J connectivity index is 2.29. The lowest BCUT2D eigenvalue weighted by Gasteiger charge is -2.12. The zero-order chi connectivity index (χ0) is 12.5. The molecule has 0 fully saturated rings. The minimum Gasteiger partial charge on any atom is -0.389 e. The first kappa shape index (κ1) is 11.4. The summed E-state index contributed by atoms with van der Waals surface area (Å²) in [7, 11) is 0. The van der Waals surface area contributed by atoms with Gasteiger partial charge in [0.05, 0.1) is 6.10 Å². The van der Waals surface area contributed by atoms with E-state index in [0.29, 0.717) is 0 Å². The third kappa shape index (κ3) is 1.82. The molecule has 0 aliphatic rings. The Morgan fingerprint density at radius 2 is 2.06 bits per heavy atom. The van der Waals surface area contributed by atoms with Crippen LogP contribution in [0.1, 0.15) is 18.6 Å². The molecule has 0 saturated carbocycles. The molecule has 1 N–H and O–H groups in total. The zero-order valence-electron chi connectivity index (χ0n) is 10.00. The van der Waals surface area contributed by atoms with Crippen molar-refractivity contribution >= 4 is 21.4 Å². The monoisotopic (exact) mass is 255 g/mol. The van der Waals surface area contributed by atoms with Crippen LogP contribution in [-0.2, 0) is 0 Å². The fourth-order valence-corrected chi connectivity index (χ4v) is 3.12. The van der Waals surface area contributed by atoms with Gasteiger partial charge in [-0.2, -0.15) is 0 Å². The smallest absolute Gasteiger partial charge is 0.0782 e. The first-order valence-electron chi connectivity index (χ1n) is 5.86. The van der Waals surface area contributed by atoms with Crippen LogP contribution in [0.4, 0.5) is 0 Å². The van der Waals surface area contributed by atoms with Crippen molar-refractivity contribution < 1.29 is 5.11 Å². The number of fused-ring (bicyclic) bond motifs is 1. The van der Waals surface area contributed by atoms with Crippen LogP contribution in [0.25, 0.3) is 21.2 Å². The maximum atomic E-state index is 9.85. The molecule has 0 bridgehead atoms. The van der Waals surface area contributed by atoms with Gasteiger partial charge in [0.15, 0.2) is 0 Å². The average molecular weight is 255 g/mol. The van der Waals surface area contributed by atoms with Crippen LogP contribution in [0, 0.1) is 0 Å². The van der Waals surface area contributed by atoms with E-state index in [0.717, 1.165) is 11.1 Å². The highest BCUT2D eigenvalue weighted by molar-refractivity contribution is 7.17. The van der Waals surface area contributed by atoms with E-state index >= 15 is 0 Å². The van der Waals surface area contributed by atoms with Gasteiger partial charge in [-0.25, -0.2) is 0 Å². The number of benzene rings is 1. The first-order chi connectivity index (χ1) is 8.77. The van der Waals surface area contributed by atoms with Gasteiger partial charge in [-0.1, -0.05) is 18.2 Å². The van der Waals surface area contributed by atoms with E-state index in [1.807, 2.05) is 6.07 Å². The van der Waals surface area contributed by atoms with Gasteiger partial charge in [-0.3, -0.25) is 4.98 Å². The van der Waals surface area contributed by atoms with E-state index in [-0.39, 0.29) is 0 Å². The van der Waals surface area contributed by atoms with Crippen molar-refractivity contribution in [3.8, 4) is 11.1 Å². The van der Waals surface area contributed by atoms with Crippen molar-refractivity contribution in [2.45, 2.75) is 13.0 Å². The molecule has 3 heteroatoms. The highest BCUT2D eigenvalue weighted by atomic mass is 32.1. The summed E-state index contributed by atoms with van der Waals surface area (Å²) in [5, 5.41) is 13.2. The fourth-order valence-electron chi connectivity index (χ4n) is 2.19. The minimum atomic E-state index is -0.510. The van der Waals surface area contributed by atoms with E-state index in [4.69, 9.17) is 0 Å². The van der Waals surface area contributed by atoms with Crippen LogP contribution in [0.3, 0.4) is 0 Å². The molecule has 2 heterocycles. The van der Waals surface area contributed by atoms with Crippen molar-refractivity contribution in [2.24, 2.45) is 0 Å². The van der Waals surface area contributed by atoms with Crippen LogP contribution in [0.15, 0.2) is 48.1 Å². The number of hydrogen-bond donors (Lipinski definition) is 1. The average Bonchev–Trinajstić information content (AvgIpc) is 2.86. The number of pyridine rings is 1. The molecule has 2 nitrogen and oxygen atoms in total. The van der Waals surface area contributed by atoms with E-state index < -0.39 is 6.10 Å². The predicted molar refractivity (Wildman–Crippen MR) is 75.7 cm³/mol. The van der Waals surface area contributed by atoms with E-state index in [9.17, 15) is 5.11 Å². The Labute approximate surface area is 110 Å². The molecule has 90 valence electrons. The molecule has 1 atom stereocenters. The topological polar surface area (TPSA) is 33.1 Å². The Kier molecular flexibility index (Phi) is 2.86. The van der Waals surface area contributed by atoms with Gasteiger partial charge < -0.3 is 5.11 Å². The maximum Gasteiger partial charge on any atom is 0.0782 e. The van der Waals surface area contributed by atoms with Crippen LogP contribution in [0.5, 0.6) is 0 Å². The normalized spacial score (nSPS) is 12.8. The second-order valence-electron chi connectivity index (χ2n) is 4.28. The Bertz CT molecular complexity index is 688. The van der Waals surface area contributed by atoms with Crippen LogP contribution in [-0.4, -0.2) is 10.1 Å². The molecule has 3 aromatic rings. The lowest BCUT2D eigenvalue weighted by molar-refractivity contribution is 0.199. The van der Waals surface area contributed by atoms with Crippen molar-refractivity contribution in [1.82, 2.24) is 4.98 Å². The van der Waals surface area contributed by atoms with Gasteiger partial charge in [0.2, 0.25) is 0 Å². The van der Waals surface area contributed by atoms with Crippen LogP contribution in [0.2, 0.25) is 0 Å². The molecule has 0 radical (unpaired) electrons. The first-order valence-corrected chi connectivity index (χ1v) is 6.74. The van der Waals surface area contributed by atoms with E-state index in [1.165, 1.54) is 15.6 Å². The number of aromatic nitrogens is 1. The lowest BCUT2D eigenvalue weighted by atomic mass is 9.98. The summed E-state index contributed by atoms with van der Waals surface area (Å²) >= 11 is 1.73. The largest absolute Gasteiger partial charge is 0.389 e. The second kappa shape index (κ2) is 4.52. The number of rotatable bonds is 2. The second-order valence-corrected chi connectivity index (χ2v) is 5.20. The molecule has 0 spiro atoms. The van der Waals surface area contributed by atoms with E-state index in [2.05, 4.69) is 34.6 Å². The van der Waals surface area contributed by atoms with Gasteiger partial charge in [-0.15, -0.1) is 11.3 Å². The Morgan fingerprint density at radius 1 is 1.17 bits per heavy atom. The quantitative estimate of drug-likeness (QED) is 0.750. The van der Waals surface area contributed by atoms with Gasteiger partial charge in [-0.05, 0) is 40.9 Å². The number of thiophene rings is 1. The molecule has 3 rings (SSSR count). The molecule has 2 aromatic heterocycles. The molecular weight excluding hydrogens is 242 g/mol. The highest BCUT2D eigenvalue weighted by Gasteiger charge is 2.12. The standard InChI is InChI=1S/C15H13NOS/c1-10(17)14-9-16-7-5-12(14)13-4-2-3-11-6-8-18-15(11)13/h2-10,17H,1H3. The number of nitrogens with zero attached hydrogens (tertiary/aromatic N) is 1. The molecule has 0 aliphatic heterocycles. The predicted octanol–water partition coefficient (Wildman–Crippen LogP) is 4.02. The molecule has 0 amide bonds.